The van der Waals surface area contributed by atoms with Crippen LogP contribution < -0.4 is 14.8 Å². The molecule has 0 saturated carbocycles. The summed E-state index contributed by atoms with van der Waals surface area (Å²) in [5.74, 6) is 2.13. The minimum atomic E-state index is -0.208. The second-order valence-corrected chi connectivity index (χ2v) is 6.91. The standard InChI is InChI=1S/C24H23N3O3/c1-29-19-11-13-20(14-12-19)30-16-24(28)25-18-9-6-17(7-10-18)8-15-23-26-21-4-2-3-5-22(21)27-23/h2-7,9-14H,8,15-16H2,1H3,(H,25,28)(H,26,27). The first-order valence-corrected chi connectivity index (χ1v) is 9.79. The van der Waals surface area contributed by atoms with Crippen LogP contribution in [0, 0.1) is 0 Å². The Morgan fingerprint density at radius 2 is 1.67 bits per heavy atom. The third kappa shape index (κ3) is 4.97. The van der Waals surface area contributed by atoms with Crippen molar-refractivity contribution in [1.29, 1.82) is 0 Å². The fourth-order valence-corrected chi connectivity index (χ4v) is 3.16. The van der Waals surface area contributed by atoms with Crippen molar-refractivity contribution in [1.82, 2.24) is 9.97 Å². The number of methoxy groups -OCH3 is 1. The van der Waals surface area contributed by atoms with E-state index in [-0.39, 0.29) is 12.5 Å². The van der Waals surface area contributed by atoms with Crippen LogP contribution in [0.25, 0.3) is 11.0 Å². The minimum absolute atomic E-state index is 0.0554. The molecule has 4 rings (SSSR count). The molecule has 6 nitrogen and oxygen atoms in total. The topological polar surface area (TPSA) is 76.2 Å². The molecule has 0 bridgehead atoms. The zero-order chi connectivity index (χ0) is 20.8. The van der Waals surface area contributed by atoms with Crippen molar-refractivity contribution in [3.63, 3.8) is 0 Å². The number of hydrogen-bond donors (Lipinski definition) is 2. The molecule has 3 aromatic carbocycles. The molecule has 30 heavy (non-hydrogen) atoms. The van der Waals surface area contributed by atoms with Crippen LogP contribution in [0.3, 0.4) is 0 Å². The maximum atomic E-state index is 12.1. The van der Waals surface area contributed by atoms with E-state index in [2.05, 4.69) is 15.3 Å². The number of para-hydroxylation sites is 2. The number of fused-ring (bicyclic) bond motifs is 1. The Morgan fingerprint density at radius 3 is 2.40 bits per heavy atom. The highest BCUT2D eigenvalue weighted by Gasteiger charge is 2.06. The van der Waals surface area contributed by atoms with Crippen LogP contribution in [0.5, 0.6) is 11.5 Å². The lowest BCUT2D eigenvalue weighted by Crippen LogP contribution is -2.20. The molecular formula is C24H23N3O3. The number of benzene rings is 3. The lowest BCUT2D eigenvalue weighted by molar-refractivity contribution is -0.118. The Kier molecular flexibility index (Phi) is 5.94. The number of amides is 1. The zero-order valence-electron chi connectivity index (χ0n) is 16.7. The summed E-state index contributed by atoms with van der Waals surface area (Å²) in [5, 5.41) is 2.85. The molecular weight excluding hydrogens is 378 g/mol. The second-order valence-electron chi connectivity index (χ2n) is 6.91. The molecule has 1 amide bonds. The van der Waals surface area contributed by atoms with Gasteiger partial charge in [0.05, 0.1) is 18.1 Å². The fourth-order valence-electron chi connectivity index (χ4n) is 3.16. The number of carbonyl (C=O) groups excluding carboxylic acids is 1. The van der Waals surface area contributed by atoms with Crippen LogP contribution in [0.15, 0.2) is 72.8 Å². The molecule has 1 heterocycles. The quantitative estimate of drug-likeness (QED) is 0.460. The van der Waals surface area contributed by atoms with Crippen LogP contribution in [0.1, 0.15) is 11.4 Å². The molecule has 1 aromatic heterocycles. The Labute approximate surface area is 174 Å². The summed E-state index contributed by atoms with van der Waals surface area (Å²) in [6.07, 6.45) is 1.70. The van der Waals surface area contributed by atoms with Crippen LogP contribution in [0.2, 0.25) is 0 Å². The first kappa shape index (κ1) is 19.5. The summed E-state index contributed by atoms with van der Waals surface area (Å²) in [4.78, 5) is 20.1. The fraction of sp³-hybridized carbons (Fsp3) is 0.167. The molecule has 2 N–H and O–H groups in total. The van der Waals surface area contributed by atoms with E-state index in [1.165, 1.54) is 5.56 Å². The van der Waals surface area contributed by atoms with Gasteiger partial charge in [-0.3, -0.25) is 4.79 Å². The first-order chi connectivity index (χ1) is 14.7. The summed E-state index contributed by atoms with van der Waals surface area (Å²) in [7, 11) is 1.60. The van der Waals surface area contributed by atoms with Crippen LogP contribution >= 0.6 is 0 Å². The number of ether oxygens (including phenoxy) is 2. The number of aromatic amines is 1. The molecule has 0 atom stereocenters. The molecule has 0 aliphatic rings. The van der Waals surface area contributed by atoms with Crippen molar-refractivity contribution < 1.29 is 14.3 Å². The number of aromatic nitrogens is 2. The number of hydrogen-bond acceptors (Lipinski definition) is 4. The number of nitrogens with one attached hydrogen (secondary N) is 2. The molecule has 4 aromatic rings. The first-order valence-electron chi connectivity index (χ1n) is 9.79. The SMILES string of the molecule is COc1ccc(OCC(=O)Nc2ccc(CCc3nc4ccccc4[nH]3)cc2)cc1. The lowest BCUT2D eigenvalue weighted by atomic mass is 10.1. The molecule has 0 fully saturated rings. The van der Waals surface area contributed by atoms with Crippen LogP contribution in [-0.4, -0.2) is 29.6 Å². The van der Waals surface area contributed by atoms with E-state index in [0.717, 1.165) is 41.1 Å². The van der Waals surface area contributed by atoms with E-state index in [0.29, 0.717) is 5.75 Å². The predicted molar refractivity (Wildman–Crippen MR) is 117 cm³/mol. The van der Waals surface area contributed by atoms with Crippen molar-refractivity contribution in [3.8, 4) is 11.5 Å². The average Bonchev–Trinajstić information content (AvgIpc) is 3.21. The largest absolute Gasteiger partial charge is 0.497 e. The lowest BCUT2D eigenvalue weighted by Gasteiger charge is -2.09. The van der Waals surface area contributed by atoms with Crippen molar-refractivity contribution in [3.05, 3.63) is 84.2 Å². The number of aryl methyl sites for hydroxylation is 2. The van der Waals surface area contributed by atoms with Crippen molar-refractivity contribution in [2.24, 2.45) is 0 Å². The average molecular weight is 401 g/mol. The number of nitrogens with zero attached hydrogens (tertiary/aromatic N) is 1. The smallest absolute Gasteiger partial charge is 0.262 e. The van der Waals surface area contributed by atoms with Crippen LogP contribution in [0.4, 0.5) is 5.69 Å². The van der Waals surface area contributed by atoms with Gasteiger partial charge in [0.25, 0.3) is 5.91 Å². The molecule has 0 saturated heterocycles. The molecule has 0 aliphatic carbocycles. The molecule has 0 aliphatic heterocycles. The van der Waals surface area contributed by atoms with E-state index in [9.17, 15) is 4.79 Å². The van der Waals surface area contributed by atoms with E-state index in [4.69, 9.17) is 9.47 Å². The van der Waals surface area contributed by atoms with E-state index < -0.39 is 0 Å². The van der Waals surface area contributed by atoms with Gasteiger partial charge in [0.1, 0.15) is 17.3 Å². The highest BCUT2D eigenvalue weighted by Crippen LogP contribution is 2.17. The van der Waals surface area contributed by atoms with Gasteiger partial charge in [0.15, 0.2) is 6.61 Å². The van der Waals surface area contributed by atoms with E-state index in [1.807, 2.05) is 48.5 Å². The third-order valence-corrected chi connectivity index (χ3v) is 4.76. The van der Waals surface area contributed by atoms with Gasteiger partial charge >= 0.3 is 0 Å². The molecule has 6 heteroatoms. The maximum absolute atomic E-state index is 12.1. The number of H-pyrrole nitrogens is 1. The van der Waals surface area contributed by atoms with Gasteiger partial charge in [-0.2, -0.15) is 0 Å². The van der Waals surface area contributed by atoms with Gasteiger partial charge in [0, 0.05) is 12.1 Å². The Bertz CT molecular complexity index is 1090. The number of rotatable bonds is 8. The second kappa shape index (κ2) is 9.13. The highest BCUT2D eigenvalue weighted by atomic mass is 16.5. The number of imidazole rings is 1. The minimum Gasteiger partial charge on any atom is -0.497 e. The monoisotopic (exact) mass is 401 g/mol. The third-order valence-electron chi connectivity index (χ3n) is 4.76. The maximum Gasteiger partial charge on any atom is 0.262 e. The van der Waals surface area contributed by atoms with Gasteiger partial charge in [-0.15, -0.1) is 0 Å². The Balaban J connectivity index is 1.25. The van der Waals surface area contributed by atoms with Crippen molar-refractivity contribution in [2.75, 3.05) is 19.0 Å². The predicted octanol–water partition coefficient (Wildman–Crippen LogP) is 4.37. The molecule has 0 radical (unpaired) electrons. The van der Waals surface area contributed by atoms with Gasteiger partial charge in [0.2, 0.25) is 0 Å². The molecule has 152 valence electrons. The van der Waals surface area contributed by atoms with E-state index >= 15 is 0 Å². The summed E-state index contributed by atoms with van der Waals surface area (Å²) < 4.78 is 10.6. The normalized spacial score (nSPS) is 10.7. The van der Waals surface area contributed by atoms with E-state index in [1.54, 1.807) is 31.4 Å². The summed E-state index contributed by atoms with van der Waals surface area (Å²) in [5.41, 5.74) is 3.97. The summed E-state index contributed by atoms with van der Waals surface area (Å²) in [6.45, 7) is -0.0554. The molecule has 0 unspecified atom stereocenters. The van der Waals surface area contributed by atoms with Gasteiger partial charge in [-0.25, -0.2) is 4.98 Å². The highest BCUT2D eigenvalue weighted by molar-refractivity contribution is 5.91. The van der Waals surface area contributed by atoms with Gasteiger partial charge < -0.3 is 19.8 Å². The van der Waals surface area contributed by atoms with Gasteiger partial charge in [-0.05, 0) is 60.5 Å². The number of anilines is 1. The van der Waals surface area contributed by atoms with Crippen molar-refractivity contribution in [2.45, 2.75) is 12.8 Å². The number of carbonyl (C=O) groups is 1. The van der Waals surface area contributed by atoms with Gasteiger partial charge in [-0.1, -0.05) is 24.3 Å². The molecule has 0 spiro atoms. The Hall–Kier alpha value is -3.80. The summed E-state index contributed by atoms with van der Waals surface area (Å²) >= 11 is 0. The van der Waals surface area contributed by atoms with Crippen molar-refractivity contribution >= 4 is 22.6 Å². The Morgan fingerprint density at radius 1 is 0.933 bits per heavy atom. The zero-order valence-corrected chi connectivity index (χ0v) is 16.7. The van der Waals surface area contributed by atoms with Crippen LogP contribution in [-0.2, 0) is 17.6 Å². The summed E-state index contributed by atoms with van der Waals surface area (Å²) in [6, 6.07) is 23.0.